The molecule has 1 aliphatic carbocycles. The summed E-state index contributed by atoms with van der Waals surface area (Å²) in [4.78, 5) is 1.95. The maximum Gasteiger partial charge on any atom is 0.160 e. The van der Waals surface area contributed by atoms with Gasteiger partial charge >= 0.3 is 0 Å². The molecule has 1 aliphatic rings. The highest BCUT2D eigenvalue weighted by Crippen LogP contribution is 2.33. The van der Waals surface area contributed by atoms with E-state index in [-0.39, 0.29) is 6.04 Å². The summed E-state index contributed by atoms with van der Waals surface area (Å²) in [5, 5.41) is 1.11. The topological polar surface area (TPSA) is 16.4 Å². The maximum absolute atomic E-state index is 13.5. The Morgan fingerprint density at radius 3 is 2.74 bits per heavy atom. The molecule has 1 atom stereocenters. The van der Waals surface area contributed by atoms with E-state index in [1.54, 1.807) is 6.07 Å². The van der Waals surface area contributed by atoms with Gasteiger partial charge in [-0.3, -0.25) is 0 Å². The van der Waals surface area contributed by atoms with E-state index in [1.165, 1.54) is 6.07 Å². The van der Waals surface area contributed by atoms with E-state index in [0.717, 1.165) is 34.8 Å². The molecule has 0 saturated heterocycles. The van der Waals surface area contributed by atoms with Gasteiger partial charge in [-0.15, -0.1) is 0 Å². The van der Waals surface area contributed by atoms with E-state index in [9.17, 15) is 8.78 Å². The molecule has 116 valence electrons. The first-order chi connectivity index (χ1) is 11.1. The predicted molar refractivity (Wildman–Crippen MR) is 87.5 cm³/mol. The normalized spacial score (nSPS) is 16.6. The van der Waals surface area contributed by atoms with Crippen LogP contribution >= 0.6 is 0 Å². The van der Waals surface area contributed by atoms with Crippen molar-refractivity contribution in [3.8, 4) is 0 Å². The first kappa shape index (κ1) is 14.0. The molecule has 0 amide bonds. The van der Waals surface area contributed by atoms with E-state index in [0.29, 0.717) is 5.69 Å². The molecule has 4 rings (SSSR count). The van der Waals surface area contributed by atoms with Crippen molar-refractivity contribution >= 4 is 22.7 Å². The molecule has 0 bridgehead atoms. The smallest absolute Gasteiger partial charge is 0.160 e. The highest BCUT2D eigenvalue weighted by Gasteiger charge is 2.23. The molecule has 1 aromatic heterocycles. The molecule has 0 spiro atoms. The van der Waals surface area contributed by atoms with Crippen molar-refractivity contribution in [2.45, 2.75) is 12.5 Å². The Morgan fingerprint density at radius 1 is 1.09 bits per heavy atom. The summed E-state index contributed by atoms with van der Waals surface area (Å²) in [5.74, 6) is -0.783. The maximum atomic E-state index is 13.5. The summed E-state index contributed by atoms with van der Waals surface area (Å²) in [6.07, 6.45) is 4.75. The monoisotopic (exact) mass is 311 g/mol. The van der Waals surface area contributed by atoms with E-state index < -0.39 is 11.6 Å². The van der Waals surface area contributed by atoms with Crippen molar-refractivity contribution < 1.29 is 13.2 Å². The number of para-hydroxylation sites is 1. The number of rotatable bonds is 2. The Bertz CT molecular complexity index is 913. The molecular formula is C19H15F2NO. The highest BCUT2D eigenvalue weighted by molar-refractivity contribution is 5.85. The molecule has 0 fully saturated rings. The SMILES string of the molecule is CN(c1ccc(F)c(F)c1)C1C=Cc2oc3ccccc3c2C1. The minimum atomic E-state index is -0.830. The average Bonchev–Trinajstić information content (AvgIpc) is 2.94. The Kier molecular flexibility index (Phi) is 3.18. The van der Waals surface area contributed by atoms with Crippen molar-refractivity contribution in [3.05, 3.63) is 71.5 Å². The third-order valence-electron chi connectivity index (χ3n) is 4.42. The molecule has 23 heavy (non-hydrogen) atoms. The molecule has 0 radical (unpaired) electrons. The molecule has 0 N–H and O–H groups in total. The summed E-state index contributed by atoms with van der Waals surface area (Å²) in [7, 11) is 1.88. The van der Waals surface area contributed by atoms with Gasteiger partial charge in [0.25, 0.3) is 0 Å². The minimum Gasteiger partial charge on any atom is -0.456 e. The predicted octanol–water partition coefficient (Wildman–Crippen LogP) is 4.79. The lowest BCUT2D eigenvalue weighted by atomic mass is 9.96. The van der Waals surface area contributed by atoms with Crippen LogP contribution in [0.3, 0.4) is 0 Å². The van der Waals surface area contributed by atoms with E-state index >= 15 is 0 Å². The van der Waals surface area contributed by atoms with E-state index in [1.807, 2.05) is 48.4 Å². The van der Waals surface area contributed by atoms with Crippen LogP contribution in [0.5, 0.6) is 0 Å². The Balaban J connectivity index is 1.68. The molecule has 2 aromatic carbocycles. The molecule has 0 saturated carbocycles. The van der Waals surface area contributed by atoms with Crippen LogP contribution in [0, 0.1) is 11.6 Å². The molecule has 3 aromatic rings. The standard InChI is InChI=1S/C19H15F2NO/c1-22(13-6-8-16(20)17(21)11-13)12-7-9-19-15(10-12)14-4-2-3-5-18(14)23-19/h2-9,11-12H,10H2,1H3. The minimum absolute atomic E-state index is 0.0633. The van der Waals surface area contributed by atoms with Crippen LogP contribution in [-0.2, 0) is 6.42 Å². The Hall–Kier alpha value is -2.62. The molecule has 4 heteroatoms. The van der Waals surface area contributed by atoms with Crippen molar-refractivity contribution in [2.24, 2.45) is 0 Å². The Labute approximate surface area is 132 Å². The highest BCUT2D eigenvalue weighted by atomic mass is 19.2. The second-order valence-corrected chi connectivity index (χ2v) is 5.78. The first-order valence-corrected chi connectivity index (χ1v) is 7.50. The lowest BCUT2D eigenvalue weighted by molar-refractivity contribution is 0.508. The molecule has 1 heterocycles. The van der Waals surface area contributed by atoms with Gasteiger partial charge in [-0.05, 0) is 24.3 Å². The van der Waals surface area contributed by atoms with Crippen LogP contribution in [0.25, 0.3) is 17.0 Å². The van der Waals surface area contributed by atoms with Crippen molar-refractivity contribution in [1.29, 1.82) is 0 Å². The van der Waals surface area contributed by atoms with Gasteiger partial charge in [-0.1, -0.05) is 24.3 Å². The van der Waals surface area contributed by atoms with E-state index in [2.05, 4.69) is 0 Å². The zero-order chi connectivity index (χ0) is 16.0. The second kappa shape index (κ2) is 5.23. The van der Waals surface area contributed by atoms with Crippen LogP contribution in [0.4, 0.5) is 14.5 Å². The van der Waals surface area contributed by atoms with Gasteiger partial charge in [0.2, 0.25) is 0 Å². The average molecular weight is 311 g/mol. The van der Waals surface area contributed by atoms with Gasteiger partial charge in [0.05, 0.1) is 6.04 Å². The number of fused-ring (bicyclic) bond motifs is 3. The summed E-state index contributed by atoms with van der Waals surface area (Å²) in [6.45, 7) is 0. The number of halogens is 2. The van der Waals surface area contributed by atoms with Gasteiger partial charge in [-0.25, -0.2) is 8.78 Å². The zero-order valence-electron chi connectivity index (χ0n) is 12.6. The van der Waals surface area contributed by atoms with Crippen LogP contribution in [0.1, 0.15) is 11.3 Å². The number of furan rings is 1. The number of hydrogen-bond donors (Lipinski definition) is 0. The van der Waals surface area contributed by atoms with Crippen LogP contribution in [0.2, 0.25) is 0 Å². The van der Waals surface area contributed by atoms with Crippen LogP contribution < -0.4 is 4.90 Å². The summed E-state index contributed by atoms with van der Waals surface area (Å²) < 4.78 is 32.4. The third kappa shape index (κ3) is 2.31. The molecule has 2 nitrogen and oxygen atoms in total. The molecule has 1 unspecified atom stereocenters. The van der Waals surface area contributed by atoms with Gasteiger partial charge in [0.15, 0.2) is 11.6 Å². The number of benzene rings is 2. The van der Waals surface area contributed by atoms with Crippen molar-refractivity contribution in [2.75, 3.05) is 11.9 Å². The quantitative estimate of drug-likeness (QED) is 0.677. The lowest BCUT2D eigenvalue weighted by Crippen LogP contribution is -2.33. The summed E-state index contributed by atoms with van der Waals surface area (Å²) in [5.41, 5.74) is 2.68. The lowest BCUT2D eigenvalue weighted by Gasteiger charge is -2.29. The Morgan fingerprint density at radius 2 is 1.91 bits per heavy atom. The molecular weight excluding hydrogens is 296 g/mol. The number of hydrogen-bond acceptors (Lipinski definition) is 2. The fraction of sp³-hybridized carbons (Fsp3) is 0.158. The van der Waals surface area contributed by atoms with Crippen LogP contribution in [0.15, 0.2) is 53.0 Å². The zero-order valence-corrected chi connectivity index (χ0v) is 12.6. The fourth-order valence-electron chi connectivity index (χ4n) is 3.10. The number of likely N-dealkylation sites (N-methyl/N-ethyl adjacent to an activating group) is 1. The van der Waals surface area contributed by atoms with Gasteiger partial charge in [0.1, 0.15) is 11.3 Å². The first-order valence-electron chi connectivity index (χ1n) is 7.50. The van der Waals surface area contributed by atoms with Crippen molar-refractivity contribution in [3.63, 3.8) is 0 Å². The fourth-order valence-corrected chi connectivity index (χ4v) is 3.10. The number of anilines is 1. The second-order valence-electron chi connectivity index (χ2n) is 5.78. The molecule has 0 aliphatic heterocycles. The van der Waals surface area contributed by atoms with E-state index in [4.69, 9.17) is 4.42 Å². The van der Waals surface area contributed by atoms with Gasteiger partial charge < -0.3 is 9.32 Å². The summed E-state index contributed by atoms with van der Waals surface area (Å²) >= 11 is 0. The van der Waals surface area contributed by atoms with Crippen molar-refractivity contribution in [1.82, 2.24) is 0 Å². The largest absolute Gasteiger partial charge is 0.456 e. The van der Waals surface area contributed by atoms with Gasteiger partial charge in [0, 0.05) is 36.2 Å². The third-order valence-corrected chi connectivity index (χ3v) is 4.42. The number of nitrogens with zero attached hydrogens (tertiary/aromatic N) is 1. The summed E-state index contributed by atoms with van der Waals surface area (Å²) in [6, 6.07) is 12.0. The van der Waals surface area contributed by atoms with Gasteiger partial charge in [-0.2, -0.15) is 0 Å². The van der Waals surface area contributed by atoms with Crippen LogP contribution in [-0.4, -0.2) is 13.1 Å².